The Balaban J connectivity index is 1.86. The molecule has 1 aliphatic heterocycles. The summed E-state index contributed by atoms with van der Waals surface area (Å²) in [6.07, 6.45) is 1.55. The maximum atomic E-state index is 13.1. The van der Waals surface area contributed by atoms with E-state index in [9.17, 15) is 14.7 Å². The molecule has 3 aromatic carbocycles. The van der Waals surface area contributed by atoms with E-state index in [4.69, 9.17) is 4.84 Å². The Morgan fingerprint density at radius 1 is 0.969 bits per heavy atom. The Bertz CT molecular complexity index is 1200. The predicted molar refractivity (Wildman–Crippen MR) is 123 cm³/mol. The number of hydrogen-bond acceptors (Lipinski definition) is 5. The lowest BCUT2D eigenvalue weighted by molar-refractivity contribution is -0.132. The molecule has 0 aliphatic carbocycles. The molecule has 6 nitrogen and oxygen atoms in total. The van der Waals surface area contributed by atoms with Crippen molar-refractivity contribution in [3.05, 3.63) is 107 Å². The first kappa shape index (κ1) is 21.1. The summed E-state index contributed by atoms with van der Waals surface area (Å²) in [5.41, 5.74) is 3.63. The van der Waals surface area contributed by atoms with Crippen LogP contribution in [-0.4, -0.2) is 30.1 Å². The number of carbonyl (C=O) groups excluding carboxylic acids is 2. The molecule has 3 aromatic rings. The lowest BCUT2D eigenvalue weighted by atomic mass is 9.95. The van der Waals surface area contributed by atoms with Crippen LogP contribution >= 0.6 is 0 Å². The molecule has 1 saturated heterocycles. The zero-order chi connectivity index (χ0) is 22.7. The van der Waals surface area contributed by atoms with Crippen LogP contribution in [0.25, 0.3) is 5.76 Å². The molecule has 1 aliphatic rings. The number of anilines is 1. The van der Waals surface area contributed by atoms with Gasteiger partial charge in [-0.3, -0.25) is 14.5 Å². The first-order valence-electron chi connectivity index (χ1n) is 10.1. The molecule has 0 saturated carbocycles. The normalized spacial score (nSPS) is 17.8. The number of carbonyl (C=O) groups is 2. The van der Waals surface area contributed by atoms with Crippen LogP contribution in [0.1, 0.15) is 28.3 Å². The molecule has 4 rings (SSSR count). The molecule has 160 valence electrons. The average Bonchev–Trinajstić information content (AvgIpc) is 3.09. The van der Waals surface area contributed by atoms with Crippen molar-refractivity contribution in [2.45, 2.75) is 13.0 Å². The Morgan fingerprint density at radius 3 is 2.25 bits per heavy atom. The fourth-order valence-corrected chi connectivity index (χ4v) is 3.75. The van der Waals surface area contributed by atoms with Crippen LogP contribution in [0.3, 0.4) is 0 Å². The Morgan fingerprint density at radius 2 is 1.62 bits per heavy atom. The van der Waals surface area contributed by atoms with Crippen LogP contribution in [-0.2, 0) is 14.4 Å². The van der Waals surface area contributed by atoms with Crippen molar-refractivity contribution >= 4 is 29.4 Å². The highest BCUT2D eigenvalue weighted by molar-refractivity contribution is 6.51. The smallest absolute Gasteiger partial charge is 0.300 e. The molecular weight excluding hydrogens is 404 g/mol. The SMILES string of the molecule is CO/N=C/c1ccc(N2C(=O)C(=O)C(=C(O)c3ccc(C)cc3)C2c2ccccc2)cc1. The summed E-state index contributed by atoms with van der Waals surface area (Å²) < 4.78 is 0. The number of amides is 1. The number of aryl methyl sites for hydroxylation is 1. The lowest BCUT2D eigenvalue weighted by Gasteiger charge is -2.25. The fourth-order valence-electron chi connectivity index (χ4n) is 3.75. The van der Waals surface area contributed by atoms with E-state index in [0.29, 0.717) is 11.3 Å². The minimum atomic E-state index is -0.754. The monoisotopic (exact) mass is 426 g/mol. The summed E-state index contributed by atoms with van der Waals surface area (Å²) in [6, 6.07) is 22.7. The second-order valence-corrected chi connectivity index (χ2v) is 7.45. The number of hydrogen-bond donors (Lipinski definition) is 1. The number of aliphatic hydroxyl groups is 1. The Kier molecular flexibility index (Phi) is 5.85. The largest absolute Gasteiger partial charge is 0.507 e. The fraction of sp³-hybridized carbons (Fsp3) is 0.115. The number of benzene rings is 3. The number of Topliss-reactive ketones (excluding diaryl/α,β-unsaturated/α-hetero) is 1. The highest BCUT2D eigenvalue weighted by Crippen LogP contribution is 2.42. The predicted octanol–water partition coefficient (Wildman–Crippen LogP) is 4.60. The maximum Gasteiger partial charge on any atom is 0.300 e. The summed E-state index contributed by atoms with van der Waals surface area (Å²) >= 11 is 0. The summed E-state index contributed by atoms with van der Waals surface area (Å²) in [6.45, 7) is 1.94. The molecule has 1 fully saturated rings. The van der Waals surface area contributed by atoms with E-state index >= 15 is 0 Å². The second kappa shape index (κ2) is 8.89. The molecule has 1 atom stereocenters. The van der Waals surface area contributed by atoms with Gasteiger partial charge in [-0.25, -0.2) is 0 Å². The third kappa shape index (κ3) is 3.90. The lowest BCUT2D eigenvalue weighted by Crippen LogP contribution is -2.29. The summed E-state index contributed by atoms with van der Waals surface area (Å²) in [4.78, 5) is 32.4. The minimum absolute atomic E-state index is 0.0649. The zero-order valence-electron chi connectivity index (χ0n) is 17.7. The van der Waals surface area contributed by atoms with Crippen LogP contribution in [0.15, 0.2) is 89.6 Å². The van der Waals surface area contributed by atoms with E-state index in [0.717, 1.165) is 16.7 Å². The average molecular weight is 426 g/mol. The molecule has 1 heterocycles. The number of ketones is 1. The molecule has 0 bridgehead atoms. The van der Waals surface area contributed by atoms with Gasteiger partial charge in [-0.1, -0.05) is 77.4 Å². The molecule has 6 heteroatoms. The Labute approximate surface area is 186 Å². The molecule has 32 heavy (non-hydrogen) atoms. The highest BCUT2D eigenvalue weighted by Gasteiger charge is 2.46. The molecule has 0 radical (unpaired) electrons. The van der Waals surface area contributed by atoms with Crippen molar-refractivity contribution in [3.8, 4) is 0 Å². The third-order valence-electron chi connectivity index (χ3n) is 5.36. The number of nitrogens with zero attached hydrogens (tertiary/aromatic N) is 2. The number of rotatable bonds is 5. The van der Waals surface area contributed by atoms with Gasteiger partial charge in [0, 0.05) is 11.3 Å². The van der Waals surface area contributed by atoms with Crippen molar-refractivity contribution in [2.75, 3.05) is 12.0 Å². The topological polar surface area (TPSA) is 79.2 Å². The van der Waals surface area contributed by atoms with Gasteiger partial charge < -0.3 is 9.94 Å². The van der Waals surface area contributed by atoms with Crippen molar-refractivity contribution in [3.63, 3.8) is 0 Å². The number of oxime groups is 1. The van der Waals surface area contributed by atoms with Crippen LogP contribution < -0.4 is 4.90 Å². The van der Waals surface area contributed by atoms with Crippen LogP contribution in [0, 0.1) is 6.92 Å². The van der Waals surface area contributed by atoms with E-state index in [1.165, 1.54) is 12.0 Å². The van der Waals surface area contributed by atoms with Crippen molar-refractivity contribution < 1.29 is 19.5 Å². The maximum absolute atomic E-state index is 13.1. The van der Waals surface area contributed by atoms with Crippen LogP contribution in [0.5, 0.6) is 0 Å². The molecule has 1 amide bonds. The first-order valence-corrected chi connectivity index (χ1v) is 10.1. The molecule has 0 aromatic heterocycles. The van der Waals surface area contributed by atoms with E-state index in [-0.39, 0.29) is 11.3 Å². The van der Waals surface area contributed by atoms with Gasteiger partial charge in [0.2, 0.25) is 0 Å². The van der Waals surface area contributed by atoms with E-state index in [1.807, 2.05) is 49.4 Å². The molecule has 1 N–H and O–H groups in total. The molecule has 1 unspecified atom stereocenters. The van der Waals surface area contributed by atoms with E-state index in [2.05, 4.69) is 5.16 Å². The van der Waals surface area contributed by atoms with Gasteiger partial charge in [0.15, 0.2) is 0 Å². The number of aliphatic hydroxyl groups excluding tert-OH is 1. The second-order valence-electron chi connectivity index (χ2n) is 7.45. The zero-order valence-corrected chi connectivity index (χ0v) is 17.7. The van der Waals surface area contributed by atoms with Gasteiger partial charge in [-0.05, 0) is 30.2 Å². The van der Waals surface area contributed by atoms with Crippen LogP contribution in [0.4, 0.5) is 5.69 Å². The quantitative estimate of drug-likeness (QED) is 0.213. The third-order valence-corrected chi connectivity index (χ3v) is 5.36. The van der Waals surface area contributed by atoms with Gasteiger partial charge in [-0.2, -0.15) is 0 Å². The van der Waals surface area contributed by atoms with Crippen LogP contribution in [0.2, 0.25) is 0 Å². The van der Waals surface area contributed by atoms with E-state index in [1.54, 1.807) is 42.6 Å². The van der Waals surface area contributed by atoms with Gasteiger partial charge in [0.1, 0.15) is 12.9 Å². The minimum Gasteiger partial charge on any atom is -0.507 e. The van der Waals surface area contributed by atoms with Crippen molar-refractivity contribution in [2.24, 2.45) is 5.16 Å². The van der Waals surface area contributed by atoms with Gasteiger partial charge in [0.05, 0.1) is 17.8 Å². The summed E-state index contributed by atoms with van der Waals surface area (Å²) in [7, 11) is 1.46. The van der Waals surface area contributed by atoms with Gasteiger partial charge in [-0.15, -0.1) is 0 Å². The summed E-state index contributed by atoms with van der Waals surface area (Å²) in [5.74, 6) is -1.60. The molecular formula is C26H22N2O4. The first-order chi connectivity index (χ1) is 15.5. The highest BCUT2D eigenvalue weighted by atomic mass is 16.6. The Hall–Kier alpha value is -4.19. The molecule has 0 spiro atoms. The van der Waals surface area contributed by atoms with E-state index < -0.39 is 17.7 Å². The van der Waals surface area contributed by atoms with Crippen molar-refractivity contribution in [1.29, 1.82) is 0 Å². The standard InChI is InChI=1S/C26H22N2O4/c1-17-8-12-20(13-9-17)24(29)22-23(19-6-4-3-5-7-19)28(26(31)25(22)30)21-14-10-18(11-15-21)16-27-32-2/h3-16,23,29H,1-2H3/b24-22?,27-16+. The van der Waals surface area contributed by atoms with Gasteiger partial charge in [0.25, 0.3) is 11.7 Å². The summed E-state index contributed by atoms with van der Waals surface area (Å²) in [5, 5.41) is 14.8. The van der Waals surface area contributed by atoms with Crippen molar-refractivity contribution in [1.82, 2.24) is 0 Å². The van der Waals surface area contributed by atoms with Gasteiger partial charge >= 0.3 is 0 Å².